The van der Waals surface area contributed by atoms with E-state index in [1.165, 1.54) is 0 Å². The largest absolute Gasteiger partial charge is 0.290 e. The van der Waals surface area contributed by atoms with Crippen molar-refractivity contribution in [3.63, 3.8) is 0 Å². The number of hydrogen-bond donors (Lipinski definition) is 0. The molecule has 0 N–H and O–H groups in total. The van der Waals surface area contributed by atoms with Gasteiger partial charge < -0.3 is 0 Å². The molecule has 0 aromatic heterocycles. The van der Waals surface area contributed by atoms with E-state index in [1.54, 1.807) is 36.4 Å². The number of benzene rings is 8. The van der Waals surface area contributed by atoms with Crippen LogP contribution in [0.1, 0.15) is 27.0 Å². The first-order valence-electron chi connectivity index (χ1n) is 21.5. The monoisotopic (exact) mass is 1140 g/mol. The van der Waals surface area contributed by atoms with Crippen LogP contribution < -0.4 is 37.8 Å². The molecule has 0 heterocycles. The number of rotatable bonds is 10. The minimum Gasteiger partial charge on any atom is -0.290 e. The minimum absolute atomic E-state index is 0.00649. The van der Waals surface area contributed by atoms with Crippen molar-refractivity contribution in [3.8, 4) is 18.2 Å². The summed E-state index contributed by atoms with van der Waals surface area (Å²) in [4.78, 5) is 13.6. The van der Waals surface area contributed by atoms with Crippen LogP contribution in [-0.2, 0) is 0 Å². The van der Waals surface area contributed by atoms with E-state index in [-0.39, 0.29) is 11.9 Å². The molecule has 0 amide bonds. The highest BCUT2D eigenvalue weighted by molar-refractivity contribution is 7.96. The van der Waals surface area contributed by atoms with Gasteiger partial charge in [-0.2, -0.15) is 15.8 Å². The Kier molecular flexibility index (Phi) is 16.2. The summed E-state index contributed by atoms with van der Waals surface area (Å²) in [5.74, 6) is -71.4. The summed E-state index contributed by atoms with van der Waals surface area (Å²) in [7, 11) is -2.54. The molecule has 0 spiro atoms. The van der Waals surface area contributed by atoms with Crippen LogP contribution >= 0.6 is 7.26 Å². The molecule has 0 atom stereocenters. The lowest BCUT2D eigenvalue weighted by Crippen LogP contribution is -2.81. The molecule has 0 saturated carbocycles. The molecule has 4 nitrogen and oxygen atoms in total. The number of nitrogens with zero attached hydrogens (tertiary/aromatic N) is 3. The molecule has 8 aromatic rings. The average Bonchev–Trinajstić information content (AvgIpc) is 3.62. The molecular formula is C53H19BF20N3OP. The van der Waals surface area contributed by atoms with Gasteiger partial charge in [0.15, 0.2) is 69.8 Å². The second kappa shape index (κ2) is 22.2. The van der Waals surface area contributed by atoms with E-state index < -0.39 is 152 Å². The van der Waals surface area contributed by atoms with Crippen molar-refractivity contribution in [2.24, 2.45) is 0 Å². The Hall–Kier alpha value is -9.01. The second-order valence-corrected chi connectivity index (χ2v) is 20.0. The van der Waals surface area contributed by atoms with Crippen LogP contribution in [-0.4, -0.2) is 18.1 Å². The number of nitriles is 3. The Morgan fingerprint density at radius 3 is 0.722 bits per heavy atom. The van der Waals surface area contributed by atoms with E-state index in [0.29, 0.717) is 22.3 Å². The number of carbonyl (C=O) groups excluding carboxylic acids is 1. The molecule has 26 heteroatoms. The summed E-state index contributed by atoms with van der Waals surface area (Å²) in [6.07, 6.45) is -6.98. The average molecular weight is 1140 g/mol. The van der Waals surface area contributed by atoms with Crippen molar-refractivity contribution < 1.29 is 92.6 Å². The van der Waals surface area contributed by atoms with E-state index in [1.807, 2.05) is 66.7 Å². The Morgan fingerprint density at radius 2 is 0.519 bits per heavy atom. The molecule has 79 heavy (non-hydrogen) atoms. The zero-order valence-corrected chi connectivity index (χ0v) is 39.3. The Balaban J connectivity index is 0.000000237. The summed E-state index contributed by atoms with van der Waals surface area (Å²) in [6.45, 7) is 0. The molecule has 0 bridgehead atoms. The maximum absolute atomic E-state index is 15.4. The predicted molar refractivity (Wildman–Crippen MR) is 244 cm³/mol. The van der Waals surface area contributed by atoms with Gasteiger partial charge in [0.2, 0.25) is 5.78 Å². The molecule has 400 valence electrons. The third-order valence-electron chi connectivity index (χ3n) is 12.5. The maximum atomic E-state index is 15.4. The summed E-state index contributed by atoms with van der Waals surface area (Å²) < 4.78 is 294. The van der Waals surface area contributed by atoms with Crippen molar-refractivity contribution in [3.05, 3.63) is 242 Å². The van der Waals surface area contributed by atoms with Gasteiger partial charge in [0, 0.05) is 5.56 Å². The SMILES string of the molecule is Fc1c(F)c(F)c([B-](c2c(F)c(F)c(F)c(F)c2F)(c2c(F)c(F)c(F)c(F)c2F)c2c(F)c(F)c(F)c(F)c2F)c(F)c1F.N#Cc1ccc([P+](CC(=O)c2ccccc2)(c2ccc(C#N)cc2)c2ccc(C#N)cc2)cc1. The zero-order chi connectivity index (χ0) is 58.3. The van der Waals surface area contributed by atoms with Crippen LogP contribution in [0.4, 0.5) is 87.8 Å². The van der Waals surface area contributed by atoms with Crippen molar-refractivity contribution in [2.45, 2.75) is 0 Å². The van der Waals surface area contributed by atoms with Crippen LogP contribution in [0.2, 0.25) is 0 Å². The number of carbonyl (C=O) groups is 1. The normalized spacial score (nSPS) is 11.4. The fraction of sp³-hybridized carbons (Fsp3) is 0.0189. The van der Waals surface area contributed by atoms with E-state index in [0.717, 1.165) is 15.9 Å². The number of hydrogen-bond acceptors (Lipinski definition) is 4. The lowest BCUT2D eigenvalue weighted by atomic mass is 9.12. The first-order valence-corrected chi connectivity index (χ1v) is 23.5. The third-order valence-corrected chi connectivity index (χ3v) is 16.8. The maximum Gasteiger partial charge on any atom is 0.201 e. The van der Waals surface area contributed by atoms with Crippen LogP contribution in [0.5, 0.6) is 0 Å². The molecular weight excluding hydrogens is 1120 g/mol. The van der Waals surface area contributed by atoms with E-state index in [4.69, 9.17) is 0 Å². The van der Waals surface area contributed by atoms with Gasteiger partial charge >= 0.3 is 0 Å². The van der Waals surface area contributed by atoms with Crippen molar-refractivity contribution in [1.29, 1.82) is 15.8 Å². The standard InChI is InChI=1S/C29H19N3OP.C24BF20/c30-18-22-6-12-26(13-7-22)34(27-14-8-23(19-31)9-15-27,28-16-10-24(20-32)11-17-28)21-29(33)25-4-2-1-3-5-25;26-5-1(6(27)14(35)21(42)13(5)34)25(2-7(28)15(36)22(43)16(37)8(2)29,3-9(30)17(38)23(44)18(39)10(3)31)4-11(32)19(40)24(45)20(41)12(4)33/h1-17H,21H2;/q+1;-1. The highest BCUT2D eigenvalue weighted by atomic mass is 31.2. The fourth-order valence-corrected chi connectivity index (χ4v) is 12.9. The van der Waals surface area contributed by atoms with Crippen LogP contribution in [0, 0.1) is 150 Å². The van der Waals surface area contributed by atoms with E-state index in [9.17, 15) is 73.3 Å². The predicted octanol–water partition coefficient (Wildman–Crippen LogP) is 10.3. The summed E-state index contributed by atoms with van der Waals surface area (Å²) in [5.41, 5.74) is -12.1. The summed E-state index contributed by atoms with van der Waals surface area (Å²) in [6, 6.07) is 37.8. The van der Waals surface area contributed by atoms with Crippen molar-refractivity contribution >= 4 is 57.0 Å². The van der Waals surface area contributed by atoms with Gasteiger partial charge in [-0.25, -0.2) is 87.8 Å². The highest BCUT2D eigenvalue weighted by Gasteiger charge is 2.53. The van der Waals surface area contributed by atoms with Crippen molar-refractivity contribution in [1.82, 2.24) is 0 Å². The summed E-state index contributed by atoms with van der Waals surface area (Å²) >= 11 is 0. The van der Waals surface area contributed by atoms with Gasteiger partial charge in [0.1, 0.15) is 82.0 Å². The van der Waals surface area contributed by atoms with E-state index in [2.05, 4.69) is 18.2 Å². The molecule has 8 rings (SSSR count). The summed E-state index contributed by atoms with van der Waals surface area (Å²) in [5, 5.41) is 30.8. The van der Waals surface area contributed by atoms with Gasteiger partial charge in [-0.05, 0) is 72.8 Å². The Labute approximate surface area is 430 Å². The van der Waals surface area contributed by atoms with Gasteiger partial charge in [0.25, 0.3) is 0 Å². The quantitative estimate of drug-likeness (QED) is 0.0341. The molecule has 8 aromatic carbocycles. The van der Waals surface area contributed by atoms with Gasteiger partial charge in [0.05, 0.1) is 34.9 Å². The zero-order valence-electron chi connectivity index (χ0n) is 38.4. The molecule has 0 radical (unpaired) electrons. The van der Waals surface area contributed by atoms with E-state index >= 15 is 35.1 Å². The Bertz CT molecular complexity index is 3400. The first kappa shape index (κ1) is 57.7. The molecule has 0 fully saturated rings. The van der Waals surface area contributed by atoms with Gasteiger partial charge in [-0.1, -0.05) is 30.3 Å². The topological polar surface area (TPSA) is 88.4 Å². The fourth-order valence-electron chi connectivity index (χ4n) is 8.90. The Morgan fingerprint density at radius 1 is 0.316 bits per heavy atom. The van der Waals surface area contributed by atoms with Crippen molar-refractivity contribution in [2.75, 3.05) is 6.16 Å². The number of ketones is 1. The molecule has 0 unspecified atom stereocenters. The number of halogens is 20. The lowest BCUT2D eigenvalue weighted by Gasteiger charge is -2.44. The van der Waals surface area contributed by atoms with Gasteiger partial charge in [-0.3, -0.25) is 4.79 Å². The molecule has 0 aliphatic carbocycles. The lowest BCUT2D eigenvalue weighted by molar-refractivity contribution is 0.102. The minimum atomic E-state index is -7.22. The van der Waals surface area contributed by atoms with Gasteiger partial charge in [-0.15, -0.1) is 21.9 Å². The third kappa shape index (κ3) is 9.35. The molecule has 0 aliphatic rings. The first-order chi connectivity index (χ1) is 37.3. The smallest absolute Gasteiger partial charge is 0.201 e. The van der Waals surface area contributed by atoms with Crippen LogP contribution in [0.3, 0.4) is 0 Å². The van der Waals surface area contributed by atoms with Crippen LogP contribution in [0.15, 0.2) is 103 Å². The number of Topliss-reactive ketones (excluding diaryl/α,β-unsaturated/α-hetero) is 1. The van der Waals surface area contributed by atoms with Crippen LogP contribution in [0.25, 0.3) is 0 Å². The second-order valence-electron chi connectivity index (χ2n) is 16.5. The molecule has 0 saturated heterocycles. The molecule has 0 aliphatic heterocycles. The highest BCUT2D eigenvalue weighted by Crippen LogP contribution is 2.56.